The lowest BCUT2D eigenvalue weighted by atomic mass is 9.89. The minimum absolute atomic E-state index is 0.0627. The van der Waals surface area contributed by atoms with Gasteiger partial charge in [0.05, 0.1) is 10.6 Å². The van der Waals surface area contributed by atoms with Crippen LogP contribution in [-0.2, 0) is 10.0 Å². The molecule has 2 aromatic rings. The SMILES string of the molecule is NS(=O)(=O)c1cccc(C2=C3N=NC(c4ccc(C5CCNCC5)cc4)=CC3N=C2)c1. The molecule has 3 aliphatic rings. The summed E-state index contributed by atoms with van der Waals surface area (Å²) >= 11 is 0. The summed E-state index contributed by atoms with van der Waals surface area (Å²) < 4.78 is 23.4. The molecule has 31 heavy (non-hydrogen) atoms. The van der Waals surface area contributed by atoms with Crippen LogP contribution in [0.25, 0.3) is 11.3 Å². The molecule has 158 valence electrons. The molecule has 0 saturated carbocycles. The van der Waals surface area contributed by atoms with E-state index >= 15 is 0 Å². The van der Waals surface area contributed by atoms with E-state index in [1.807, 2.05) is 12.1 Å². The Morgan fingerprint density at radius 2 is 1.74 bits per heavy atom. The van der Waals surface area contributed by atoms with Crippen LogP contribution >= 0.6 is 0 Å². The van der Waals surface area contributed by atoms with E-state index in [0.29, 0.717) is 17.2 Å². The Morgan fingerprint density at radius 3 is 2.48 bits per heavy atom. The van der Waals surface area contributed by atoms with Gasteiger partial charge in [0.25, 0.3) is 0 Å². The monoisotopic (exact) mass is 433 g/mol. The van der Waals surface area contributed by atoms with Crippen LogP contribution in [0.15, 0.2) is 80.4 Å². The van der Waals surface area contributed by atoms with Crippen molar-refractivity contribution in [1.29, 1.82) is 0 Å². The number of benzene rings is 2. The standard InChI is InChI=1S/C23H23N5O2S/c24-31(29,30)19-3-1-2-18(12-19)20-14-26-22-13-21(27-28-23(20)22)17-6-4-15(5-7-17)16-8-10-25-11-9-16/h1-7,12-14,16,22,25H,8-11H2,(H2,24,29,30). The maximum Gasteiger partial charge on any atom is 0.238 e. The number of hydrogen-bond donors (Lipinski definition) is 2. The Hall–Kier alpha value is -2.94. The van der Waals surface area contributed by atoms with Gasteiger partial charge in [-0.05, 0) is 61.2 Å². The fraction of sp³-hybridized carbons (Fsp3) is 0.261. The summed E-state index contributed by atoms with van der Waals surface area (Å²) in [6, 6.07) is 14.9. The number of nitrogens with one attached hydrogen (secondary N) is 1. The number of primary sulfonamides is 1. The van der Waals surface area contributed by atoms with Crippen LogP contribution in [0.5, 0.6) is 0 Å². The summed E-state index contributed by atoms with van der Waals surface area (Å²) in [6.45, 7) is 2.14. The third-order valence-corrected chi connectivity index (χ3v) is 6.90. The predicted octanol–water partition coefficient (Wildman–Crippen LogP) is 3.47. The number of sulfonamides is 1. The number of hydrogen-bond acceptors (Lipinski definition) is 6. The molecule has 1 fully saturated rings. The number of rotatable bonds is 4. The summed E-state index contributed by atoms with van der Waals surface area (Å²) in [6.07, 6.45) is 6.06. The largest absolute Gasteiger partial charge is 0.317 e. The Bertz CT molecular complexity index is 1240. The van der Waals surface area contributed by atoms with Crippen LogP contribution in [0, 0.1) is 0 Å². The molecule has 1 atom stereocenters. The second-order valence-corrected chi connectivity index (χ2v) is 9.55. The van der Waals surface area contributed by atoms with Gasteiger partial charge >= 0.3 is 0 Å². The second kappa shape index (κ2) is 7.96. The number of fused-ring (bicyclic) bond motifs is 1. The highest BCUT2D eigenvalue weighted by Crippen LogP contribution is 2.35. The van der Waals surface area contributed by atoms with E-state index in [2.05, 4.69) is 44.8 Å². The molecular weight excluding hydrogens is 410 g/mol. The first-order chi connectivity index (χ1) is 15.0. The fourth-order valence-electron chi connectivity index (χ4n) is 4.27. The summed E-state index contributed by atoms with van der Waals surface area (Å²) in [5, 5.41) is 17.5. The van der Waals surface area contributed by atoms with Crippen LogP contribution in [0.1, 0.15) is 35.4 Å². The topological polar surface area (TPSA) is 109 Å². The number of nitrogens with two attached hydrogens (primary N) is 1. The highest BCUT2D eigenvalue weighted by Gasteiger charge is 2.26. The van der Waals surface area contributed by atoms with Gasteiger partial charge in [-0.3, -0.25) is 4.99 Å². The quantitative estimate of drug-likeness (QED) is 0.770. The molecule has 0 bridgehead atoms. The molecule has 0 spiro atoms. The van der Waals surface area contributed by atoms with Crippen molar-refractivity contribution in [2.45, 2.75) is 29.7 Å². The first-order valence-electron chi connectivity index (χ1n) is 10.3. The van der Waals surface area contributed by atoms with Gasteiger partial charge in [0, 0.05) is 17.4 Å². The third kappa shape index (κ3) is 4.01. The smallest absolute Gasteiger partial charge is 0.238 e. The highest BCUT2D eigenvalue weighted by atomic mass is 32.2. The minimum atomic E-state index is -3.78. The molecule has 5 rings (SSSR count). The maximum atomic E-state index is 11.7. The van der Waals surface area contributed by atoms with Crippen molar-refractivity contribution in [3.63, 3.8) is 0 Å². The summed E-state index contributed by atoms with van der Waals surface area (Å²) in [5.41, 5.74) is 5.35. The zero-order valence-corrected chi connectivity index (χ0v) is 17.7. The lowest BCUT2D eigenvalue weighted by Gasteiger charge is -2.23. The Balaban J connectivity index is 1.39. The molecule has 8 heteroatoms. The molecule has 0 aromatic heterocycles. The number of aliphatic imine (C=N–C) groups is 1. The van der Waals surface area contributed by atoms with Gasteiger partial charge in [-0.25, -0.2) is 13.6 Å². The van der Waals surface area contributed by atoms with Crippen molar-refractivity contribution in [2.24, 2.45) is 20.4 Å². The first kappa shape index (κ1) is 20.0. The normalized spacial score (nSPS) is 21.3. The van der Waals surface area contributed by atoms with Crippen LogP contribution in [0.4, 0.5) is 0 Å². The average molecular weight is 434 g/mol. The zero-order valence-electron chi connectivity index (χ0n) is 16.9. The minimum Gasteiger partial charge on any atom is -0.317 e. The summed E-state index contributed by atoms with van der Waals surface area (Å²) in [7, 11) is -3.78. The van der Waals surface area contributed by atoms with Crippen LogP contribution in [0.3, 0.4) is 0 Å². The molecule has 0 amide bonds. The fourth-order valence-corrected chi connectivity index (χ4v) is 4.83. The average Bonchev–Trinajstić information content (AvgIpc) is 3.23. The molecule has 3 heterocycles. The van der Waals surface area contributed by atoms with Crippen molar-refractivity contribution in [3.05, 3.63) is 77.0 Å². The van der Waals surface area contributed by atoms with E-state index in [-0.39, 0.29) is 10.9 Å². The van der Waals surface area contributed by atoms with Gasteiger partial charge in [0.1, 0.15) is 11.7 Å². The van der Waals surface area contributed by atoms with Gasteiger partial charge in [-0.1, -0.05) is 36.4 Å². The maximum absolute atomic E-state index is 11.7. The van der Waals surface area contributed by atoms with Gasteiger partial charge in [-0.2, -0.15) is 10.2 Å². The van der Waals surface area contributed by atoms with Gasteiger partial charge < -0.3 is 5.32 Å². The number of azo groups is 1. The van der Waals surface area contributed by atoms with Gasteiger partial charge in [0.15, 0.2) is 0 Å². The Morgan fingerprint density at radius 1 is 0.968 bits per heavy atom. The molecular formula is C23H23N5O2S. The molecule has 1 saturated heterocycles. The molecule has 3 aliphatic heterocycles. The summed E-state index contributed by atoms with van der Waals surface area (Å²) in [4.78, 5) is 4.62. The number of allylic oxidation sites excluding steroid dienone is 1. The molecule has 3 N–H and O–H groups in total. The van der Waals surface area contributed by atoms with Gasteiger partial charge in [-0.15, -0.1) is 0 Å². The van der Waals surface area contributed by atoms with Crippen molar-refractivity contribution in [1.82, 2.24) is 5.32 Å². The third-order valence-electron chi connectivity index (χ3n) is 5.99. The van der Waals surface area contributed by atoms with E-state index in [1.165, 1.54) is 24.5 Å². The number of nitrogens with zero attached hydrogens (tertiary/aromatic N) is 3. The Kier molecular flexibility index (Phi) is 5.13. The van der Waals surface area contributed by atoms with Crippen molar-refractivity contribution >= 4 is 27.5 Å². The molecule has 1 unspecified atom stereocenters. The predicted molar refractivity (Wildman–Crippen MR) is 121 cm³/mol. The van der Waals surface area contributed by atoms with Crippen LogP contribution < -0.4 is 10.5 Å². The van der Waals surface area contributed by atoms with E-state index in [1.54, 1.807) is 18.3 Å². The molecule has 0 aliphatic carbocycles. The zero-order chi connectivity index (χ0) is 21.4. The molecule has 0 radical (unpaired) electrons. The highest BCUT2D eigenvalue weighted by molar-refractivity contribution is 7.89. The molecule has 7 nitrogen and oxygen atoms in total. The van der Waals surface area contributed by atoms with E-state index in [0.717, 1.165) is 29.9 Å². The summed E-state index contributed by atoms with van der Waals surface area (Å²) in [5.74, 6) is 0.613. The number of piperidine rings is 1. The first-order valence-corrected chi connectivity index (χ1v) is 11.9. The van der Waals surface area contributed by atoms with E-state index in [9.17, 15) is 8.42 Å². The lowest BCUT2D eigenvalue weighted by Crippen LogP contribution is -2.26. The van der Waals surface area contributed by atoms with E-state index < -0.39 is 10.0 Å². The van der Waals surface area contributed by atoms with Crippen LogP contribution in [0.2, 0.25) is 0 Å². The van der Waals surface area contributed by atoms with E-state index in [4.69, 9.17) is 5.14 Å². The van der Waals surface area contributed by atoms with Crippen LogP contribution in [-0.4, -0.2) is 33.8 Å². The lowest BCUT2D eigenvalue weighted by molar-refractivity contribution is 0.460. The molecule has 2 aromatic carbocycles. The van der Waals surface area contributed by atoms with Crippen molar-refractivity contribution < 1.29 is 8.42 Å². The van der Waals surface area contributed by atoms with Crippen molar-refractivity contribution in [2.75, 3.05) is 13.1 Å². The van der Waals surface area contributed by atoms with Crippen molar-refractivity contribution in [3.8, 4) is 0 Å². The second-order valence-electron chi connectivity index (χ2n) is 7.99. The Labute approximate surface area is 181 Å². The van der Waals surface area contributed by atoms with Gasteiger partial charge in [0.2, 0.25) is 10.0 Å².